The van der Waals surface area contributed by atoms with Gasteiger partial charge >= 0.3 is 11.9 Å². The minimum Gasteiger partial charge on any atom is -0.469 e. The monoisotopic (exact) mass is 246 g/mol. The van der Waals surface area contributed by atoms with E-state index in [1.807, 2.05) is 6.92 Å². The minimum atomic E-state index is -1.40. The van der Waals surface area contributed by atoms with Gasteiger partial charge in [-0.05, 0) is 27.2 Å². The van der Waals surface area contributed by atoms with Crippen molar-refractivity contribution in [3.8, 4) is 0 Å². The van der Waals surface area contributed by atoms with Crippen molar-refractivity contribution >= 4 is 11.9 Å². The van der Waals surface area contributed by atoms with E-state index in [1.54, 1.807) is 13.8 Å². The van der Waals surface area contributed by atoms with Crippen molar-refractivity contribution in [2.45, 2.75) is 46.1 Å². The summed E-state index contributed by atoms with van der Waals surface area (Å²) in [5, 5.41) is 9.83. The van der Waals surface area contributed by atoms with E-state index in [4.69, 9.17) is 4.74 Å². The lowest BCUT2D eigenvalue weighted by Crippen LogP contribution is -2.37. The number of rotatable bonds is 6. The van der Waals surface area contributed by atoms with Crippen LogP contribution in [0.4, 0.5) is 0 Å². The third-order valence-electron chi connectivity index (χ3n) is 2.70. The van der Waals surface area contributed by atoms with Gasteiger partial charge in [-0.1, -0.05) is 6.92 Å². The average Bonchev–Trinajstić information content (AvgIpc) is 2.25. The Hall–Kier alpha value is -1.10. The molecule has 0 rings (SSSR count). The molecule has 100 valence electrons. The summed E-state index contributed by atoms with van der Waals surface area (Å²) in [6.07, 6.45) is 0.439. The molecule has 0 radical (unpaired) electrons. The first-order chi connectivity index (χ1) is 7.64. The lowest BCUT2D eigenvalue weighted by atomic mass is 9.90. The molecule has 1 unspecified atom stereocenters. The first-order valence-corrected chi connectivity index (χ1v) is 5.61. The van der Waals surface area contributed by atoms with Crippen LogP contribution in [0.1, 0.15) is 40.5 Å². The van der Waals surface area contributed by atoms with Crippen molar-refractivity contribution in [3.63, 3.8) is 0 Å². The largest absolute Gasteiger partial charge is 0.469 e. The van der Waals surface area contributed by atoms with Crippen molar-refractivity contribution < 1.29 is 24.2 Å². The first kappa shape index (κ1) is 15.9. The van der Waals surface area contributed by atoms with Gasteiger partial charge in [0.25, 0.3) is 0 Å². The zero-order chi connectivity index (χ0) is 13.7. The van der Waals surface area contributed by atoms with Gasteiger partial charge in [0.05, 0.1) is 18.9 Å². The molecule has 0 fully saturated rings. The SMILES string of the molecule is CCC(C)(C)C(=O)OCC(C)(O)CC(=O)OC. The number of hydrogen-bond donors (Lipinski definition) is 1. The van der Waals surface area contributed by atoms with Gasteiger partial charge in [-0.15, -0.1) is 0 Å². The molecule has 5 heteroatoms. The van der Waals surface area contributed by atoms with Crippen molar-refractivity contribution in [2.75, 3.05) is 13.7 Å². The molecule has 0 aromatic heterocycles. The van der Waals surface area contributed by atoms with Crippen LogP contribution in [0.15, 0.2) is 0 Å². The third-order valence-corrected chi connectivity index (χ3v) is 2.70. The number of ether oxygens (including phenoxy) is 2. The Kier molecular flexibility index (Phi) is 5.61. The maximum Gasteiger partial charge on any atom is 0.311 e. The molecule has 0 bridgehead atoms. The smallest absolute Gasteiger partial charge is 0.311 e. The van der Waals surface area contributed by atoms with E-state index in [0.717, 1.165) is 0 Å². The molecular formula is C12H22O5. The molecule has 0 amide bonds. The van der Waals surface area contributed by atoms with E-state index in [1.165, 1.54) is 14.0 Å². The Balaban J connectivity index is 4.27. The Bertz CT molecular complexity index is 281. The number of methoxy groups -OCH3 is 1. The van der Waals surface area contributed by atoms with Crippen LogP contribution in [-0.4, -0.2) is 36.4 Å². The molecule has 0 saturated heterocycles. The van der Waals surface area contributed by atoms with Gasteiger partial charge in [0.1, 0.15) is 12.2 Å². The van der Waals surface area contributed by atoms with Gasteiger partial charge in [-0.25, -0.2) is 0 Å². The minimum absolute atomic E-state index is 0.205. The lowest BCUT2D eigenvalue weighted by molar-refractivity contribution is -0.165. The van der Waals surface area contributed by atoms with Crippen LogP contribution in [0.5, 0.6) is 0 Å². The van der Waals surface area contributed by atoms with E-state index in [9.17, 15) is 14.7 Å². The molecule has 0 aliphatic heterocycles. The summed E-state index contributed by atoms with van der Waals surface area (Å²) < 4.78 is 9.45. The zero-order valence-electron chi connectivity index (χ0n) is 11.2. The van der Waals surface area contributed by atoms with Crippen molar-refractivity contribution in [3.05, 3.63) is 0 Å². The van der Waals surface area contributed by atoms with Gasteiger partial charge in [-0.3, -0.25) is 9.59 Å². The predicted molar refractivity (Wildman–Crippen MR) is 62.3 cm³/mol. The highest BCUT2D eigenvalue weighted by Gasteiger charge is 2.31. The molecule has 0 heterocycles. The van der Waals surface area contributed by atoms with Crippen LogP contribution in [0, 0.1) is 5.41 Å². The standard InChI is InChI=1S/C12H22O5/c1-6-11(2,3)10(14)17-8-12(4,15)7-9(13)16-5/h15H,6-8H2,1-5H3. The third kappa shape index (κ3) is 5.68. The molecule has 0 aromatic carbocycles. The summed E-state index contributed by atoms with van der Waals surface area (Å²) in [5.41, 5.74) is -1.98. The molecule has 17 heavy (non-hydrogen) atoms. The lowest BCUT2D eigenvalue weighted by Gasteiger charge is -2.25. The highest BCUT2D eigenvalue weighted by molar-refractivity contribution is 5.76. The molecule has 1 atom stereocenters. The fourth-order valence-corrected chi connectivity index (χ4v) is 0.995. The van der Waals surface area contributed by atoms with Crippen molar-refractivity contribution in [1.29, 1.82) is 0 Å². The van der Waals surface area contributed by atoms with Crippen molar-refractivity contribution in [2.24, 2.45) is 5.41 Å². The average molecular weight is 246 g/mol. The fourth-order valence-electron chi connectivity index (χ4n) is 0.995. The number of carbonyl (C=O) groups is 2. The zero-order valence-corrected chi connectivity index (χ0v) is 11.2. The second-order valence-corrected chi connectivity index (χ2v) is 5.06. The van der Waals surface area contributed by atoms with Crippen LogP contribution < -0.4 is 0 Å². The summed E-state index contributed by atoms with van der Waals surface area (Å²) in [6, 6.07) is 0. The van der Waals surface area contributed by atoms with E-state index >= 15 is 0 Å². The van der Waals surface area contributed by atoms with E-state index < -0.39 is 17.0 Å². The molecule has 0 aliphatic carbocycles. The van der Waals surface area contributed by atoms with Crippen LogP contribution >= 0.6 is 0 Å². The van der Waals surface area contributed by atoms with E-state index in [-0.39, 0.29) is 19.0 Å². The van der Waals surface area contributed by atoms with Gasteiger partial charge in [0, 0.05) is 0 Å². The first-order valence-electron chi connectivity index (χ1n) is 5.61. The molecule has 1 N–H and O–H groups in total. The van der Waals surface area contributed by atoms with E-state index in [0.29, 0.717) is 6.42 Å². The Labute approximate surface area is 102 Å². The highest BCUT2D eigenvalue weighted by Crippen LogP contribution is 2.22. The Morgan fingerprint density at radius 2 is 1.76 bits per heavy atom. The van der Waals surface area contributed by atoms with Crippen molar-refractivity contribution in [1.82, 2.24) is 0 Å². The second-order valence-electron chi connectivity index (χ2n) is 5.06. The number of hydrogen-bond acceptors (Lipinski definition) is 5. The van der Waals surface area contributed by atoms with E-state index in [2.05, 4.69) is 4.74 Å². The quantitative estimate of drug-likeness (QED) is 0.715. The highest BCUT2D eigenvalue weighted by atomic mass is 16.5. The van der Waals surface area contributed by atoms with Gasteiger partial charge in [-0.2, -0.15) is 0 Å². The molecular weight excluding hydrogens is 224 g/mol. The molecule has 0 spiro atoms. The molecule has 0 aliphatic rings. The normalized spacial score (nSPS) is 14.9. The summed E-state index contributed by atoms with van der Waals surface area (Å²) in [4.78, 5) is 22.7. The predicted octanol–water partition coefficient (Wildman–Crippen LogP) is 1.28. The molecule has 0 saturated carbocycles. The molecule has 0 aromatic rings. The fraction of sp³-hybridized carbons (Fsp3) is 0.833. The second kappa shape index (κ2) is 6.00. The molecule has 5 nitrogen and oxygen atoms in total. The summed E-state index contributed by atoms with van der Waals surface area (Å²) >= 11 is 0. The number of aliphatic hydroxyl groups is 1. The topological polar surface area (TPSA) is 72.8 Å². The Morgan fingerprint density at radius 3 is 2.18 bits per heavy atom. The van der Waals surface area contributed by atoms with Crippen LogP contribution in [0.2, 0.25) is 0 Å². The number of esters is 2. The van der Waals surface area contributed by atoms with Crippen LogP contribution in [0.25, 0.3) is 0 Å². The summed E-state index contributed by atoms with van der Waals surface area (Å²) in [7, 11) is 1.24. The van der Waals surface area contributed by atoms with Gasteiger partial charge < -0.3 is 14.6 Å². The summed E-state index contributed by atoms with van der Waals surface area (Å²) in [5.74, 6) is -0.925. The van der Waals surface area contributed by atoms with Crippen LogP contribution in [-0.2, 0) is 19.1 Å². The van der Waals surface area contributed by atoms with Crippen LogP contribution in [0.3, 0.4) is 0 Å². The maximum absolute atomic E-state index is 11.6. The maximum atomic E-state index is 11.6. The van der Waals surface area contributed by atoms with Gasteiger partial charge in [0.2, 0.25) is 0 Å². The van der Waals surface area contributed by atoms with Gasteiger partial charge in [0.15, 0.2) is 0 Å². The Morgan fingerprint density at radius 1 is 1.24 bits per heavy atom. The number of carbonyl (C=O) groups excluding carboxylic acids is 2. The summed E-state index contributed by atoms with van der Waals surface area (Å²) in [6.45, 7) is 6.63.